The summed E-state index contributed by atoms with van der Waals surface area (Å²) in [4.78, 5) is 12.0. The molecular formula is C25H27N3O. The summed E-state index contributed by atoms with van der Waals surface area (Å²) in [5.41, 5.74) is 7.09. The highest BCUT2D eigenvalue weighted by molar-refractivity contribution is 5.92. The zero-order chi connectivity index (χ0) is 19.6. The molecule has 4 nitrogen and oxygen atoms in total. The van der Waals surface area contributed by atoms with Crippen molar-refractivity contribution < 1.29 is 4.74 Å². The van der Waals surface area contributed by atoms with Gasteiger partial charge in [-0.25, -0.2) is 4.98 Å². The van der Waals surface area contributed by atoms with Crippen LogP contribution in [0.2, 0.25) is 0 Å². The van der Waals surface area contributed by atoms with Gasteiger partial charge in [0.25, 0.3) is 0 Å². The molecule has 1 aliphatic heterocycles. The van der Waals surface area contributed by atoms with Crippen molar-refractivity contribution in [3.63, 3.8) is 0 Å². The van der Waals surface area contributed by atoms with E-state index in [0.717, 1.165) is 24.1 Å². The Hall–Kier alpha value is -2.88. The standard InChI is InChI=1S/C25H27N3O/c1-29-24-13-12-22-25(27-24)21-14-20(19-10-6-3-7-11-19)17-28(23(21)15-26-22)16-18-8-4-2-5-9-18/h2,4-5,8-9,12-15,19H,3,6-7,10-11,16-17H2,1H3. The van der Waals surface area contributed by atoms with Gasteiger partial charge in [-0.1, -0.05) is 49.6 Å². The number of nitrogens with zero attached hydrogens (tertiary/aromatic N) is 3. The number of ether oxygens (including phenoxy) is 1. The van der Waals surface area contributed by atoms with Crippen molar-refractivity contribution in [2.75, 3.05) is 18.6 Å². The minimum atomic E-state index is 0.639. The van der Waals surface area contributed by atoms with Crippen LogP contribution in [-0.2, 0) is 6.54 Å². The lowest BCUT2D eigenvalue weighted by atomic mass is 9.81. The van der Waals surface area contributed by atoms with Crippen LogP contribution in [0.1, 0.15) is 43.2 Å². The maximum Gasteiger partial charge on any atom is 0.213 e. The molecule has 0 N–H and O–H groups in total. The van der Waals surface area contributed by atoms with Gasteiger partial charge in [0.2, 0.25) is 5.88 Å². The zero-order valence-corrected chi connectivity index (χ0v) is 17.0. The quantitative estimate of drug-likeness (QED) is 0.584. The molecule has 0 saturated heterocycles. The first kappa shape index (κ1) is 18.2. The number of hydrogen-bond donors (Lipinski definition) is 0. The highest BCUT2D eigenvalue weighted by Crippen LogP contribution is 2.39. The zero-order valence-electron chi connectivity index (χ0n) is 17.0. The van der Waals surface area contributed by atoms with Crippen molar-refractivity contribution in [1.82, 2.24) is 9.97 Å². The predicted octanol–water partition coefficient (Wildman–Crippen LogP) is 5.62. The number of fused-ring (bicyclic) bond motifs is 3. The Morgan fingerprint density at radius 1 is 1.03 bits per heavy atom. The maximum atomic E-state index is 5.41. The molecule has 0 bridgehead atoms. The minimum Gasteiger partial charge on any atom is -0.481 e. The molecule has 4 heteroatoms. The molecule has 1 fully saturated rings. The van der Waals surface area contributed by atoms with Gasteiger partial charge in [-0.3, -0.25) is 4.98 Å². The summed E-state index contributed by atoms with van der Waals surface area (Å²) in [5, 5.41) is 0. The van der Waals surface area contributed by atoms with Gasteiger partial charge >= 0.3 is 0 Å². The Balaban J connectivity index is 1.62. The smallest absolute Gasteiger partial charge is 0.213 e. The topological polar surface area (TPSA) is 38.3 Å². The number of aromatic nitrogens is 2. The first-order valence-electron chi connectivity index (χ1n) is 10.6. The van der Waals surface area contributed by atoms with E-state index in [9.17, 15) is 0 Å². The summed E-state index contributed by atoms with van der Waals surface area (Å²) in [6.07, 6.45) is 11.1. The van der Waals surface area contributed by atoms with Gasteiger partial charge in [0.1, 0.15) is 5.52 Å². The van der Waals surface area contributed by atoms with E-state index in [-0.39, 0.29) is 0 Å². The van der Waals surface area contributed by atoms with Crippen LogP contribution in [0.3, 0.4) is 0 Å². The van der Waals surface area contributed by atoms with Crippen molar-refractivity contribution in [1.29, 1.82) is 0 Å². The van der Waals surface area contributed by atoms with E-state index in [0.29, 0.717) is 11.8 Å². The van der Waals surface area contributed by atoms with Gasteiger partial charge in [-0.05, 0) is 42.0 Å². The van der Waals surface area contributed by atoms with Crippen molar-refractivity contribution >= 4 is 22.8 Å². The lowest BCUT2D eigenvalue weighted by Crippen LogP contribution is -2.31. The summed E-state index contributed by atoms with van der Waals surface area (Å²) < 4.78 is 5.41. The van der Waals surface area contributed by atoms with Crippen LogP contribution in [0.25, 0.3) is 17.1 Å². The Labute approximate surface area is 172 Å². The fraction of sp³-hybridized carbons (Fsp3) is 0.360. The van der Waals surface area contributed by atoms with E-state index in [1.807, 2.05) is 18.3 Å². The summed E-state index contributed by atoms with van der Waals surface area (Å²) in [7, 11) is 1.67. The van der Waals surface area contributed by atoms with Gasteiger partial charge in [-0.15, -0.1) is 0 Å². The summed E-state index contributed by atoms with van der Waals surface area (Å²) in [6.45, 7) is 1.86. The molecule has 2 aliphatic rings. The van der Waals surface area contributed by atoms with E-state index in [4.69, 9.17) is 14.7 Å². The molecule has 3 aromatic rings. The van der Waals surface area contributed by atoms with E-state index < -0.39 is 0 Å². The largest absolute Gasteiger partial charge is 0.481 e. The van der Waals surface area contributed by atoms with Crippen molar-refractivity contribution in [2.24, 2.45) is 5.92 Å². The molecule has 0 amide bonds. The van der Waals surface area contributed by atoms with Gasteiger partial charge in [-0.2, -0.15) is 0 Å². The third-order valence-electron chi connectivity index (χ3n) is 6.30. The van der Waals surface area contributed by atoms with E-state index in [2.05, 4.69) is 41.3 Å². The fourth-order valence-corrected chi connectivity index (χ4v) is 4.77. The van der Waals surface area contributed by atoms with Crippen LogP contribution in [0, 0.1) is 5.92 Å². The second kappa shape index (κ2) is 7.86. The molecule has 0 unspecified atom stereocenters. The second-order valence-corrected chi connectivity index (χ2v) is 8.17. The maximum absolute atomic E-state index is 5.41. The number of methoxy groups -OCH3 is 1. The average molecular weight is 386 g/mol. The average Bonchev–Trinajstić information content (AvgIpc) is 2.79. The molecular weight excluding hydrogens is 358 g/mol. The molecule has 1 saturated carbocycles. The highest BCUT2D eigenvalue weighted by atomic mass is 16.5. The number of anilines is 1. The molecule has 3 heterocycles. The normalized spacial score (nSPS) is 17.1. The highest BCUT2D eigenvalue weighted by Gasteiger charge is 2.26. The van der Waals surface area contributed by atoms with Crippen molar-refractivity contribution in [3.05, 3.63) is 65.4 Å². The van der Waals surface area contributed by atoms with Gasteiger partial charge < -0.3 is 9.64 Å². The van der Waals surface area contributed by atoms with E-state index in [1.165, 1.54) is 48.9 Å². The van der Waals surface area contributed by atoms with E-state index >= 15 is 0 Å². The minimum absolute atomic E-state index is 0.639. The third-order valence-corrected chi connectivity index (χ3v) is 6.30. The molecule has 1 aromatic carbocycles. The molecule has 0 radical (unpaired) electrons. The Morgan fingerprint density at radius 3 is 2.66 bits per heavy atom. The van der Waals surface area contributed by atoms with Crippen molar-refractivity contribution in [3.8, 4) is 5.88 Å². The van der Waals surface area contributed by atoms with Gasteiger partial charge in [0.05, 0.1) is 24.5 Å². The lowest BCUT2D eigenvalue weighted by molar-refractivity contribution is 0.398. The number of benzene rings is 1. The van der Waals surface area contributed by atoms with Crippen LogP contribution in [-0.4, -0.2) is 23.6 Å². The molecule has 2 aromatic heterocycles. The molecule has 148 valence electrons. The monoisotopic (exact) mass is 385 g/mol. The SMILES string of the molecule is COc1ccc2ncc3c(c2n1)C=C(C1CCCCC1)CN3Cc1ccccc1. The number of pyridine rings is 2. The Bertz CT molecular complexity index is 1040. The second-order valence-electron chi connectivity index (χ2n) is 8.17. The molecule has 29 heavy (non-hydrogen) atoms. The lowest BCUT2D eigenvalue weighted by Gasteiger charge is -2.35. The van der Waals surface area contributed by atoms with Gasteiger partial charge in [0, 0.05) is 24.7 Å². The van der Waals surface area contributed by atoms with Crippen LogP contribution in [0.15, 0.2) is 54.2 Å². The first-order chi connectivity index (χ1) is 14.3. The number of rotatable bonds is 4. The van der Waals surface area contributed by atoms with E-state index in [1.54, 1.807) is 12.7 Å². The summed E-state index contributed by atoms with van der Waals surface area (Å²) in [5.74, 6) is 1.32. The third kappa shape index (κ3) is 3.59. The fourth-order valence-electron chi connectivity index (χ4n) is 4.77. The van der Waals surface area contributed by atoms with Crippen LogP contribution in [0.4, 0.5) is 5.69 Å². The van der Waals surface area contributed by atoms with Crippen LogP contribution >= 0.6 is 0 Å². The summed E-state index contributed by atoms with van der Waals surface area (Å²) in [6, 6.07) is 14.6. The Morgan fingerprint density at radius 2 is 1.86 bits per heavy atom. The van der Waals surface area contributed by atoms with Gasteiger partial charge in [0.15, 0.2) is 0 Å². The van der Waals surface area contributed by atoms with Crippen LogP contribution < -0.4 is 9.64 Å². The van der Waals surface area contributed by atoms with Crippen LogP contribution in [0.5, 0.6) is 5.88 Å². The molecule has 1 aliphatic carbocycles. The molecule has 0 atom stereocenters. The summed E-state index contributed by atoms with van der Waals surface area (Å²) >= 11 is 0. The number of hydrogen-bond acceptors (Lipinski definition) is 4. The first-order valence-corrected chi connectivity index (χ1v) is 10.6. The predicted molar refractivity (Wildman–Crippen MR) is 118 cm³/mol. The molecule has 5 rings (SSSR count). The van der Waals surface area contributed by atoms with Crippen molar-refractivity contribution in [2.45, 2.75) is 38.6 Å². The molecule has 0 spiro atoms. The Kier molecular flexibility index (Phi) is 4.92.